The maximum atomic E-state index is 12.9. The first-order chi connectivity index (χ1) is 7.66. The Kier molecular flexibility index (Phi) is 3.12. The second kappa shape index (κ2) is 4.55. The maximum Gasteiger partial charge on any atom is 0.141 e. The molecule has 0 bridgehead atoms. The van der Waals surface area contributed by atoms with Crippen molar-refractivity contribution in [2.75, 3.05) is 0 Å². The Balaban J connectivity index is 2.31. The summed E-state index contributed by atoms with van der Waals surface area (Å²) in [6.07, 6.45) is 2.89. The van der Waals surface area contributed by atoms with E-state index in [0.29, 0.717) is 16.3 Å². The van der Waals surface area contributed by atoms with Gasteiger partial charge < -0.3 is 5.11 Å². The van der Waals surface area contributed by atoms with Gasteiger partial charge in [0.1, 0.15) is 11.9 Å². The van der Waals surface area contributed by atoms with Crippen LogP contribution < -0.4 is 0 Å². The molecule has 0 spiro atoms. The van der Waals surface area contributed by atoms with E-state index in [-0.39, 0.29) is 0 Å². The van der Waals surface area contributed by atoms with Gasteiger partial charge >= 0.3 is 0 Å². The van der Waals surface area contributed by atoms with Crippen LogP contribution in [0.2, 0.25) is 5.02 Å². The number of aliphatic hydroxyl groups excluding tert-OH is 1. The van der Waals surface area contributed by atoms with Gasteiger partial charge in [0, 0.05) is 18.0 Å². The Labute approximate surface area is 96.6 Å². The molecule has 0 fully saturated rings. The third kappa shape index (κ3) is 2.35. The minimum atomic E-state index is -1.000. The Morgan fingerprint density at radius 3 is 2.69 bits per heavy atom. The predicted octanol–water partition coefficient (Wildman–Crippen LogP) is 2.35. The molecule has 82 valence electrons. The highest BCUT2D eigenvalue weighted by molar-refractivity contribution is 6.30. The molecule has 5 heteroatoms. The van der Waals surface area contributed by atoms with Crippen LogP contribution in [-0.4, -0.2) is 15.1 Å². The zero-order chi connectivity index (χ0) is 11.5. The van der Waals surface area contributed by atoms with E-state index in [2.05, 4.69) is 9.97 Å². The van der Waals surface area contributed by atoms with Gasteiger partial charge in [-0.25, -0.2) is 4.39 Å². The molecule has 16 heavy (non-hydrogen) atoms. The Hall–Kier alpha value is -1.52. The van der Waals surface area contributed by atoms with Crippen LogP contribution in [0.3, 0.4) is 0 Å². The summed E-state index contributed by atoms with van der Waals surface area (Å²) in [5.41, 5.74) is 0.756. The summed E-state index contributed by atoms with van der Waals surface area (Å²) in [6, 6.07) is 4.41. The summed E-state index contributed by atoms with van der Waals surface area (Å²) in [5.74, 6) is -0.495. The Morgan fingerprint density at radius 1 is 1.25 bits per heavy atom. The number of nitrogens with zero attached hydrogens (tertiary/aromatic N) is 2. The van der Waals surface area contributed by atoms with Gasteiger partial charge in [-0.3, -0.25) is 9.97 Å². The molecule has 0 aromatic carbocycles. The van der Waals surface area contributed by atoms with Crippen LogP contribution in [0.25, 0.3) is 0 Å². The number of hydrogen-bond donors (Lipinski definition) is 1. The van der Waals surface area contributed by atoms with Gasteiger partial charge in [0.05, 0.1) is 16.9 Å². The highest BCUT2D eigenvalue weighted by atomic mass is 35.5. The molecule has 2 aromatic rings. The maximum absolute atomic E-state index is 12.9. The molecule has 0 aliphatic rings. The summed E-state index contributed by atoms with van der Waals surface area (Å²) < 4.78 is 12.9. The smallest absolute Gasteiger partial charge is 0.141 e. The van der Waals surface area contributed by atoms with Crippen LogP contribution in [0, 0.1) is 5.82 Å². The summed E-state index contributed by atoms with van der Waals surface area (Å²) >= 11 is 5.67. The third-order valence-electron chi connectivity index (χ3n) is 2.07. The van der Waals surface area contributed by atoms with Crippen molar-refractivity contribution in [3.05, 3.63) is 58.9 Å². The molecule has 1 N–H and O–H groups in total. The van der Waals surface area contributed by atoms with Crippen molar-refractivity contribution in [3.63, 3.8) is 0 Å². The van der Waals surface area contributed by atoms with Crippen molar-refractivity contribution in [1.82, 2.24) is 9.97 Å². The Morgan fingerprint density at radius 2 is 2.06 bits per heavy atom. The number of rotatable bonds is 2. The van der Waals surface area contributed by atoms with Crippen molar-refractivity contribution in [3.8, 4) is 0 Å². The standard InChI is InChI=1S/C11H8ClFN2O/c12-8-1-2-10(15-5-8)11(16)7-3-9(13)6-14-4-7/h1-6,11,16H. The predicted molar refractivity (Wildman–Crippen MR) is 57.5 cm³/mol. The van der Waals surface area contributed by atoms with Crippen LogP contribution in [0.5, 0.6) is 0 Å². The first-order valence-electron chi connectivity index (χ1n) is 4.57. The molecule has 0 aliphatic carbocycles. The van der Waals surface area contributed by atoms with Crippen molar-refractivity contribution in [1.29, 1.82) is 0 Å². The molecule has 0 aliphatic heterocycles. The van der Waals surface area contributed by atoms with E-state index in [1.807, 2.05) is 0 Å². The SMILES string of the molecule is OC(c1cncc(F)c1)c1ccc(Cl)cn1. The van der Waals surface area contributed by atoms with Crippen LogP contribution >= 0.6 is 11.6 Å². The fourth-order valence-corrected chi connectivity index (χ4v) is 1.41. The fraction of sp³-hybridized carbons (Fsp3) is 0.0909. The summed E-state index contributed by atoms with van der Waals surface area (Å²) in [6.45, 7) is 0. The molecule has 1 atom stereocenters. The molecular weight excluding hydrogens is 231 g/mol. The lowest BCUT2D eigenvalue weighted by atomic mass is 10.1. The van der Waals surface area contributed by atoms with Crippen molar-refractivity contribution < 1.29 is 9.50 Å². The van der Waals surface area contributed by atoms with Crippen molar-refractivity contribution >= 4 is 11.6 Å². The first kappa shape index (κ1) is 11.0. The second-order valence-corrected chi connectivity index (χ2v) is 3.68. The zero-order valence-corrected chi connectivity index (χ0v) is 8.89. The Bertz CT molecular complexity index is 490. The van der Waals surface area contributed by atoms with E-state index in [1.165, 1.54) is 18.5 Å². The van der Waals surface area contributed by atoms with E-state index in [0.717, 1.165) is 6.20 Å². The quantitative estimate of drug-likeness (QED) is 0.874. The molecule has 0 amide bonds. The van der Waals surface area contributed by atoms with Gasteiger partial charge in [0.25, 0.3) is 0 Å². The third-order valence-corrected chi connectivity index (χ3v) is 2.30. The van der Waals surface area contributed by atoms with Gasteiger partial charge in [0.2, 0.25) is 0 Å². The largest absolute Gasteiger partial charge is 0.382 e. The topological polar surface area (TPSA) is 46.0 Å². The molecule has 2 rings (SSSR count). The van der Waals surface area contributed by atoms with Gasteiger partial charge in [-0.15, -0.1) is 0 Å². The zero-order valence-electron chi connectivity index (χ0n) is 8.14. The number of pyridine rings is 2. The number of halogens is 2. The van der Waals surface area contributed by atoms with Crippen LogP contribution in [0.15, 0.2) is 36.8 Å². The van der Waals surface area contributed by atoms with E-state index < -0.39 is 11.9 Å². The molecular formula is C11H8ClFN2O. The number of aromatic nitrogens is 2. The molecule has 0 radical (unpaired) electrons. The average Bonchev–Trinajstić information content (AvgIpc) is 2.29. The van der Waals surface area contributed by atoms with E-state index >= 15 is 0 Å². The molecule has 0 saturated carbocycles. The highest BCUT2D eigenvalue weighted by Gasteiger charge is 2.12. The molecule has 1 unspecified atom stereocenters. The molecule has 0 saturated heterocycles. The highest BCUT2D eigenvalue weighted by Crippen LogP contribution is 2.20. The van der Waals surface area contributed by atoms with Gasteiger partial charge in [-0.1, -0.05) is 11.6 Å². The lowest BCUT2D eigenvalue weighted by Gasteiger charge is -2.09. The molecule has 2 aromatic heterocycles. The fourth-order valence-electron chi connectivity index (χ4n) is 1.30. The number of hydrogen-bond acceptors (Lipinski definition) is 3. The van der Waals surface area contributed by atoms with Gasteiger partial charge in [-0.05, 0) is 18.2 Å². The van der Waals surface area contributed by atoms with Gasteiger partial charge in [-0.2, -0.15) is 0 Å². The molecule has 3 nitrogen and oxygen atoms in total. The second-order valence-electron chi connectivity index (χ2n) is 3.24. The van der Waals surface area contributed by atoms with Crippen LogP contribution in [0.1, 0.15) is 17.4 Å². The van der Waals surface area contributed by atoms with Crippen molar-refractivity contribution in [2.24, 2.45) is 0 Å². The first-order valence-corrected chi connectivity index (χ1v) is 4.94. The van der Waals surface area contributed by atoms with Crippen LogP contribution in [-0.2, 0) is 0 Å². The lowest BCUT2D eigenvalue weighted by molar-refractivity contribution is 0.214. The average molecular weight is 239 g/mol. The van der Waals surface area contributed by atoms with E-state index in [9.17, 15) is 9.50 Å². The normalized spacial score (nSPS) is 12.4. The lowest BCUT2D eigenvalue weighted by Crippen LogP contribution is -2.02. The monoisotopic (exact) mass is 238 g/mol. The minimum absolute atomic E-state index is 0.356. The van der Waals surface area contributed by atoms with Crippen molar-refractivity contribution in [2.45, 2.75) is 6.10 Å². The van der Waals surface area contributed by atoms with Crippen LogP contribution in [0.4, 0.5) is 4.39 Å². The molecule has 2 heterocycles. The minimum Gasteiger partial charge on any atom is -0.382 e. The summed E-state index contributed by atoms with van der Waals surface area (Å²) in [5, 5.41) is 10.4. The number of aliphatic hydroxyl groups is 1. The summed E-state index contributed by atoms with van der Waals surface area (Å²) in [7, 11) is 0. The van der Waals surface area contributed by atoms with E-state index in [4.69, 9.17) is 11.6 Å². The summed E-state index contributed by atoms with van der Waals surface area (Å²) in [4.78, 5) is 7.61. The van der Waals surface area contributed by atoms with E-state index in [1.54, 1.807) is 12.1 Å². The van der Waals surface area contributed by atoms with Gasteiger partial charge in [0.15, 0.2) is 0 Å².